The fourth-order valence-electron chi connectivity index (χ4n) is 2.74. The number of amides is 2. The van der Waals surface area contributed by atoms with Crippen molar-refractivity contribution in [3.63, 3.8) is 0 Å². The summed E-state index contributed by atoms with van der Waals surface area (Å²) in [5, 5.41) is 4.56. The monoisotopic (exact) mass is 434 g/mol. The van der Waals surface area contributed by atoms with Crippen LogP contribution in [0.2, 0.25) is 0 Å². The van der Waals surface area contributed by atoms with Crippen LogP contribution in [0.25, 0.3) is 0 Å². The van der Waals surface area contributed by atoms with Crippen molar-refractivity contribution in [1.82, 2.24) is 0 Å². The number of furan rings is 1. The van der Waals surface area contributed by atoms with E-state index in [-0.39, 0.29) is 22.8 Å². The van der Waals surface area contributed by atoms with Gasteiger partial charge in [-0.1, -0.05) is 0 Å². The normalized spacial score (nSPS) is 11.0. The van der Waals surface area contributed by atoms with Gasteiger partial charge < -0.3 is 24.5 Å². The minimum atomic E-state index is -4.79. The Morgan fingerprint density at radius 1 is 0.935 bits per heavy atom. The van der Waals surface area contributed by atoms with E-state index in [0.717, 1.165) is 12.1 Å². The quantitative estimate of drug-likeness (QED) is 0.581. The number of carbonyl (C=O) groups excluding carboxylic acids is 2. The van der Waals surface area contributed by atoms with Crippen LogP contribution in [-0.2, 0) is 6.18 Å². The Labute approximate surface area is 174 Å². The largest absolute Gasteiger partial charge is 0.497 e. The highest BCUT2D eigenvalue weighted by molar-refractivity contribution is 6.07. The molecular weight excluding hydrogens is 417 g/mol. The Morgan fingerprint density at radius 3 is 2.32 bits per heavy atom. The van der Waals surface area contributed by atoms with Crippen molar-refractivity contribution in [3.8, 4) is 11.5 Å². The number of rotatable bonds is 6. The SMILES string of the molecule is COc1ccc(C(=O)Nc2ccc(NC(=O)c3ccco3)cc2C(F)(F)F)c(OC)c1. The van der Waals surface area contributed by atoms with Crippen molar-refractivity contribution in [2.75, 3.05) is 24.9 Å². The van der Waals surface area contributed by atoms with E-state index in [1.807, 2.05) is 0 Å². The van der Waals surface area contributed by atoms with Gasteiger partial charge in [-0.15, -0.1) is 0 Å². The molecule has 3 aromatic rings. The van der Waals surface area contributed by atoms with Crippen LogP contribution < -0.4 is 20.1 Å². The maximum Gasteiger partial charge on any atom is 0.418 e. The summed E-state index contributed by atoms with van der Waals surface area (Å²) >= 11 is 0. The average molecular weight is 434 g/mol. The molecule has 2 aromatic carbocycles. The van der Waals surface area contributed by atoms with E-state index in [4.69, 9.17) is 13.9 Å². The summed E-state index contributed by atoms with van der Waals surface area (Å²) in [5.41, 5.74) is -1.71. The van der Waals surface area contributed by atoms with Crippen molar-refractivity contribution >= 4 is 23.2 Å². The molecule has 10 heteroatoms. The molecule has 0 atom stereocenters. The Hall–Kier alpha value is -3.95. The number of halogens is 3. The van der Waals surface area contributed by atoms with E-state index in [0.29, 0.717) is 5.75 Å². The van der Waals surface area contributed by atoms with Crippen LogP contribution >= 0.6 is 0 Å². The smallest absolute Gasteiger partial charge is 0.418 e. The molecule has 0 unspecified atom stereocenters. The molecule has 7 nitrogen and oxygen atoms in total. The molecule has 0 radical (unpaired) electrons. The number of methoxy groups -OCH3 is 2. The summed E-state index contributed by atoms with van der Waals surface area (Å²) in [7, 11) is 2.75. The lowest BCUT2D eigenvalue weighted by Crippen LogP contribution is -2.18. The lowest BCUT2D eigenvalue weighted by Gasteiger charge is -2.16. The predicted molar refractivity (Wildman–Crippen MR) is 106 cm³/mol. The van der Waals surface area contributed by atoms with Crippen LogP contribution in [-0.4, -0.2) is 26.0 Å². The van der Waals surface area contributed by atoms with Crippen molar-refractivity contribution in [2.45, 2.75) is 6.18 Å². The predicted octanol–water partition coefficient (Wildman–Crippen LogP) is 4.82. The fourth-order valence-corrected chi connectivity index (χ4v) is 2.74. The highest BCUT2D eigenvalue weighted by Gasteiger charge is 2.34. The molecule has 2 amide bonds. The second-order valence-electron chi connectivity index (χ2n) is 6.21. The highest BCUT2D eigenvalue weighted by Crippen LogP contribution is 2.37. The molecule has 0 bridgehead atoms. The van der Waals surface area contributed by atoms with Gasteiger partial charge in [0.25, 0.3) is 11.8 Å². The molecular formula is C21H17F3N2O5. The summed E-state index contributed by atoms with van der Waals surface area (Å²) in [4.78, 5) is 24.6. The number of ether oxygens (including phenoxy) is 2. The summed E-state index contributed by atoms with van der Waals surface area (Å²) in [6.07, 6.45) is -3.53. The van der Waals surface area contributed by atoms with Crippen molar-refractivity contribution in [1.29, 1.82) is 0 Å². The summed E-state index contributed by atoms with van der Waals surface area (Å²) in [6.45, 7) is 0. The first kappa shape index (κ1) is 21.8. The van der Waals surface area contributed by atoms with Gasteiger partial charge in [-0.2, -0.15) is 13.2 Å². The topological polar surface area (TPSA) is 89.8 Å². The Bertz CT molecular complexity index is 1090. The molecule has 0 fully saturated rings. The molecule has 0 spiro atoms. The number of hydrogen-bond acceptors (Lipinski definition) is 5. The van der Waals surface area contributed by atoms with Gasteiger partial charge in [0.15, 0.2) is 5.76 Å². The molecule has 0 saturated carbocycles. The Morgan fingerprint density at radius 2 is 1.71 bits per heavy atom. The molecule has 3 rings (SSSR count). The minimum absolute atomic E-state index is 0.0200. The molecule has 162 valence electrons. The zero-order valence-corrected chi connectivity index (χ0v) is 16.4. The molecule has 2 N–H and O–H groups in total. The van der Waals surface area contributed by atoms with E-state index in [2.05, 4.69) is 10.6 Å². The van der Waals surface area contributed by atoms with Gasteiger partial charge in [0, 0.05) is 11.8 Å². The number of hydrogen-bond donors (Lipinski definition) is 2. The maximum absolute atomic E-state index is 13.6. The van der Waals surface area contributed by atoms with Crippen molar-refractivity contribution in [2.24, 2.45) is 0 Å². The summed E-state index contributed by atoms with van der Waals surface area (Å²) in [6, 6.07) is 10.1. The zero-order chi connectivity index (χ0) is 22.6. The number of nitrogens with one attached hydrogen (secondary N) is 2. The molecule has 0 aliphatic carbocycles. The standard InChI is InChI=1S/C21H17F3N2O5/c1-29-13-6-7-14(18(11-13)30-2)19(27)26-16-8-5-12(10-15(16)21(22,23)24)25-20(28)17-4-3-9-31-17/h3-11H,1-2H3,(H,25,28)(H,26,27). The number of alkyl halides is 3. The van der Waals surface area contributed by atoms with Crippen molar-refractivity contribution < 1.29 is 36.7 Å². The fraction of sp³-hybridized carbons (Fsp3) is 0.143. The molecule has 0 aliphatic rings. The first-order valence-electron chi connectivity index (χ1n) is 8.82. The first-order valence-corrected chi connectivity index (χ1v) is 8.82. The van der Waals surface area contributed by atoms with Crippen LogP contribution in [0.3, 0.4) is 0 Å². The second kappa shape index (κ2) is 8.82. The molecule has 1 aromatic heterocycles. The van der Waals surface area contributed by atoms with E-state index in [1.54, 1.807) is 0 Å². The second-order valence-corrected chi connectivity index (χ2v) is 6.21. The number of anilines is 2. The van der Waals surface area contributed by atoms with Gasteiger partial charge in [0.2, 0.25) is 0 Å². The van der Waals surface area contributed by atoms with Crippen LogP contribution in [0.4, 0.5) is 24.5 Å². The summed E-state index contributed by atoms with van der Waals surface area (Å²) < 4.78 is 55.9. The highest BCUT2D eigenvalue weighted by atomic mass is 19.4. The third-order valence-electron chi connectivity index (χ3n) is 4.23. The third-order valence-corrected chi connectivity index (χ3v) is 4.23. The van der Waals surface area contributed by atoms with Crippen LogP contribution in [0, 0.1) is 0 Å². The number of carbonyl (C=O) groups is 2. The van der Waals surface area contributed by atoms with Gasteiger partial charge in [0.1, 0.15) is 11.5 Å². The first-order chi connectivity index (χ1) is 14.7. The lowest BCUT2D eigenvalue weighted by atomic mass is 10.1. The average Bonchev–Trinajstić information content (AvgIpc) is 3.28. The molecule has 31 heavy (non-hydrogen) atoms. The van der Waals surface area contributed by atoms with Gasteiger partial charge in [0.05, 0.1) is 37.3 Å². The van der Waals surface area contributed by atoms with Gasteiger partial charge in [-0.3, -0.25) is 9.59 Å². The van der Waals surface area contributed by atoms with E-state index < -0.39 is 29.2 Å². The Balaban J connectivity index is 1.89. The lowest BCUT2D eigenvalue weighted by molar-refractivity contribution is -0.136. The summed E-state index contributed by atoms with van der Waals surface area (Å²) in [5.74, 6) is -1.03. The van der Waals surface area contributed by atoms with Gasteiger partial charge >= 0.3 is 6.18 Å². The minimum Gasteiger partial charge on any atom is -0.497 e. The third kappa shape index (κ3) is 4.97. The maximum atomic E-state index is 13.6. The van der Waals surface area contributed by atoms with Crippen molar-refractivity contribution in [3.05, 3.63) is 71.7 Å². The molecule has 1 heterocycles. The zero-order valence-electron chi connectivity index (χ0n) is 16.4. The number of benzene rings is 2. The van der Waals surface area contributed by atoms with Crippen LogP contribution in [0.1, 0.15) is 26.5 Å². The van der Waals surface area contributed by atoms with E-state index >= 15 is 0 Å². The van der Waals surface area contributed by atoms with Crippen LogP contribution in [0.5, 0.6) is 11.5 Å². The van der Waals surface area contributed by atoms with Crippen LogP contribution in [0.15, 0.2) is 59.2 Å². The molecule has 0 aliphatic heterocycles. The van der Waals surface area contributed by atoms with Gasteiger partial charge in [-0.25, -0.2) is 0 Å². The van der Waals surface area contributed by atoms with Gasteiger partial charge in [-0.05, 0) is 42.5 Å². The van der Waals surface area contributed by atoms with E-state index in [9.17, 15) is 22.8 Å². The Kier molecular flexibility index (Phi) is 6.19. The van der Waals surface area contributed by atoms with E-state index in [1.165, 1.54) is 56.9 Å². The molecule has 0 saturated heterocycles.